The number of carbonyl (C=O) groups excluding carboxylic acids is 1. The zero-order chi connectivity index (χ0) is 21.8. The van der Waals surface area contributed by atoms with E-state index in [1.807, 2.05) is 21.7 Å². The topological polar surface area (TPSA) is 51.0 Å². The van der Waals surface area contributed by atoms with Gasteiger partial charge in [-0.25, -0.2) is 4.98 Å². The van der Waals surface area contributed by atoms with Crippen molar-refractivity contribution in [1.82, 2.24) is 19.4 Å². The molecule has 5 heteroatoms. The van der Waals surface area contributed by atoms with E-state index in [-0.39, 0.29) is 5.91 Å². The van der Waals surface area contributed by atoms with E-state index in [1.54, 1.807) is 6.20 Å². The third kappa shape index (κ3) is 5.22. The summed E-state index contributed by atoms with van der Waals surface area (Å²) in [5, 5.41) is 0. The number of carbonyl (C=O) groups is 1. The highest BCUT2D eigenvalue weighted by Crippen LogP contribution is 2.27. The van der Waals surface area contributed by atoms with Crippen LogP contribution in [0.4, 0.5) is 0 Å². The molecule has 1 saturated heterocycles. The molecular formula is C26H32N4O. The second-order valence-corrected chi connectivity index (χ2v) is 8.95. The lowest BCUT2D eigenvalue weighted by atomic mass is 9.92. The van der Waals surface area contributed by atoms with Gasteiger partial charge in [0.15, 0.2) is 0 Å². The van der Waals surface area contributed by atoms with Gasteiger partial charge < -0.3 is 9.47 Å². The molecule has 0 aliphatic carbocycles. The molecule has 31 heavy (non-hydrogen) atoms. The molecule has 2 aromatic heterocycles. The first-order chi connectivity index (χ1) is 15.0. The Bertz CT molecular complexity index is 1020. The van der Waals surface area contributed by atoms with Gasteiger partial charge in [-0.05, 0) is 49.4 Å². The summed E-state index contributed by atoms with van der Waals surface area (Å²) in [6.07, 6.45) is 6.69. The van der Waals surface area contributed by atoms with Crippen LogP contribution in [0.25, 0.3) is 0 Å². The molecule has 1 fully saturated rings. The summed E-state index contributed by atoms with van der Waals surface area (Å²) in [7, 11) is 0. The van der Waals surface area contributed by atoms with Crippen molar-refractivity contribution in [3.63, 3.8) is 0 Å². The smallest absolute Gasteiger partial charge is 0.242 e. The first kappa shape index (κ1) is 21.3. The minimum Gasteiger partial charge on any atom is -0.340 e. The zero-order valence-corrected chi connectivity index (χ0v) is 18.8. The van der Waals surface area contributed by atoms with Crippen LogP contribution in [0.15, 0.2) is 54.9 Å². The Morgan fingerprint density at radius 1 is 1.16 bits per heavy atom. The summed E-state index contributed by atoms with van der Waals surface area (Å²) >= 11 is 0. The van der Waals surface area contributed by atoms with Crippen LogP contribution in [0.5, 0.6) is 0 Å². The number of aryl methyl sites for hydroxylation is 1. The van der Waals surface area contributed by atoms with Gasteiger partial charge in [0, 0.05) is 48.7 Å². The zero-order valence-electron chi connectivity index (χ0n) is 18.8. The monoisotopic (exact) mass is 416 g/mol. The van der Waals surface area contributed by atoms with Crippen LogP contribution in [-0.4, -0.2) is 38.4 Å². The van der Waals surface area contributed by atoms with Crippen LogP contribution < -0.4 is 0 Å². The lowest BCUT2D eigenvalue weighted by Crippen LogP contribution is -2.41. The molecule has 1 atom stereocenters. The molecule has 162 valence electrons. The van der Waals surface area contributed by atoms with Gasteiger partial charge in [0.1, 0.15) is 12.4 Å². The highest BCUT2D eigenvalue weighted by atomic mass is 16.2. The van der Waals surface area contributed by atoms with E-state index in [0.717, 1.165) is 49.6 Å². The van der Waals surface area contributed by atoms with Gasteiger partial charge in [-0.2, -0.15) is 0 Å². The molecule has 0 unspecified atom stereocenters. The van der Waals surface area contributed by atoms with Crippen molar-refractivity contribution in [3.05, 3.63) is 83.2 Å². The van der Waals surface area contributed by atoms with Crippen LogP contribution in [0, 0.1) is 6.92 Å². The molecule has 1 aromatic carbocycles. The van der Waals surface area contributed by atoms with Gasteiger partial charge in [-0.1, -0.05) is 44.2 Å². The van der Waals surface area contributed by atoms with Gasteiger partial charge in [0.05, 0.1) is 0 Å². The highest BCUT2D eigenvalue weighted by molar-refractivity contribution is 5.76. The summed E-state index contributed by atoms with van der Waals surface area (Å²) in [4.78, 5) is 24.3. The van der Waals surface area contributed by atoms with Crippen LogP contribution in [-0.2, 0) is 17.8 Å². The average molecular weight is 417 g/mol. The summed E-state index contributed by atoms with van der Waals surface area (Å²) in [5.41, 5.74) is 4.76. The Morgan fingerprint density at radius 3 is 2.74 bits per heavy atom. The summed E-state index contributed by atoms with van der Waals surface area (Å²) in [6, 6.07) is 15.0. The van der Waals surface area contributed by atoms with E-state index in [9.17, 15) is 4.79 Å². The van der Waals surface area contributed by atoms with E-state index in [0.29, 0.717) is 18.4 Å². The van der Waals surface area contributed by atoms with Gasteiger partial charge in [-0.3, -0.25) is 9.78 Å². The maximum absolute atomic E-state index is 13.0. The largest absolute Gasteiger partial charge is 0.340 e. The van der Waals surface area contributed by atoms with Crippen molar-refractivity contribution in [3.8, 4) is 0 Å². The minimum atomic E-state index is 0.168. The number of pyridine rings is 1. The third-order valence-electron chi connectivity index (χ3n) is 6.05. The molecule has 0 N–H and O–H groups in total. The Kier molecular flexibility index (Phi) is 6.50. The quantitative estimate of drug-likeness (QED) is 0.585. The van der Waals surface area contributed by atoms with Gasteiger partial charge in [0.25, 0.3) is 0 Å². The van der Waals surface area contributed by atoms with E-state index in [4.69, 9.17) is 4.98 Å². The van der Waals surface area contributed by atoms with E-state index >= 15 is 0 Å². The second kappa shape index (κ2) is 9.46. The number of nitrogens with zero attached hydrogens (tertiary/aromatic N) is 4. The lowest BCUT2D eigenvalue weighted by Gasteiger charge is -2.33. The highest BCUT2D eigenvalue weighted by Gasteiger charge is 2.26. The minimum absolute atomic E-state index is 0.168. The van der Waals surface area contributed by atoms with Gasteiger partial charge in [-0.15, -0.1) is 0 Å². The first-order valence-corrected chi connectivity index (χ1v) is 11.3. The fourth-order valence-corrected chi connectivity index (χ4v) is 4.56. The lowest BCUT2D eigenvalue weighted by molar-refractivity contribution is -0.133. The molecule has 0 radical (unpaired) electrons. The number of hydrogen-bond donors (Lipinski definition) is 0. The Balaban J connectivity index is 1.46. The Labute approximate surface area is 185 Å². The Hall–Kier alpha value is -2.95. The van der Waals surface area contributed by atoms with E-state index in [2.05, 4.69) is 62.2 Å². The van der Waals surface area contributed by atoms with E-state index in [1.165, 1.54) is 11.1 Å². The number of piperidine rings is 1. The maximum Gasteiger partial charge on any atom is 0.242 e. The van der Waals surface area contributed by atoms with Crippen molar-refractivity contribution in [1.29, 1.82) is 0 Å². The number of aromatic nitrogens is 3. The van der Waals surface area contributed by atoms with Crippen molar-refractivity contribution in [2.75, 3.05) is 13.1 Å². The number of rotatable bonds is 6. The summed E-state index contributed by atoms with van der Waals surface area (Å²) in [5.74, 6) is 1.73. The SMILES string of the molecule is Cc1cc(Cc2ccccc2)cc([C@@H]2CCCN(C(=O)Cn3ccnc3C(C)C)C2)n1. The van der Waals surface area contributed by atoms with Gasteiger partial charge >= 0.3 is 0 Å². The predicted octanol–water partition coefficient (Wildman–Crippen LogP) is 4.71. The molecule has 1 aliphatic heterocycles. The number of benzene rings is 1. The van der Waals surface area contributed by atoms with E-state index < -0.39 is 0 Å². The van der Waals surface area contributed by atoms with Crippen LogP contribution >= 0.6 is 0 Å². The van der Waals surface area contributed by atoms with Crippen LogP contribution in [0.3, 0.4) is 0 Å². The fraction of sp³-hybridized carbons (Fsp3) is 0.423. The average Bonchev–Trinajstić information content (AvgIpc) is 3.22. The number of hydrogen-bond acceptors (Lipinski definition) is 3. The first-order valence-electron chi connectivity index (χ1n) is 11.3. The molecule has 1 amide bonds. The third-order valence-corrected chi connectivity index (χ3v) is 6.05. The standard InChI is InChI=1S/C26H32N4O/c1-19(2)26-27-11-13-30(26)18-25(31)29-12-7-10-23(17-29)24-16-22(14-20(3)28-24)15-21-8-5-4-6-9-21/h4-6,8-9,11,13-14,16,19,23H,7,10,12,15,17-18H2,1-3H3/t23-/m1/s1. The molecule has 0 saturated carbocycles. The molecular weight excluding hydrogens is 384 g/mol. The fourth-order valence-electron chi connectivity index (χ4n) is 4.56. The summed E-state index contributed by atoms with van der Waals surface area (Å²) < 4.78 is 1.99. The Morgan fingerprint density at radius 2 is 1.97 bits per heavy atom. The van der Waals surface area contributed by atoms with Crippen molar-refractivity contribution < 1.29 is 4.79 Å². The van der Waals surface area contributed by atoms with Crippen LogP contribution in [0.1, 0.15) is 66.9 Å². The number of imidazole rings is 1. The van der Waals surface area contributed by atoms with Gasteiger partial charge in [0.2, 0.25) is 5.91 Å². The number of amides is 1. The van der Waals surface area contributed by atoms with Crippen LogP contribution in [0.2, 0.25) is 0 Å². The van der Waals surface area contributed by atoms with Crippen molar-refractivity contribution in [2.45, 2.75) is 58.4 Å². The molecule has 4 rings (SSSR count). The maximum atomic E-state index is 13.0. The molecule has 0 spiro atoms. The second-order valence-electron chi connectivity index (χ2n) is 8.95. The molecule has 3 heterocycles. The van der Waals surface area contributed by atoms with Crippen molar-refractivity contribution >= 4 is 5.91 Å². The molecule has 5 nitrogen and oxygen atoms in total. The number of likely N-dealkylation sites (tertiary alicyclic amines) is 1. The van der Waals surface area contributed by atoms with Crippen molar-refractivity contribution in [2.24, 2.45) is 0 Å². The normalized spacial score (nSPS) is 16.6. The molecule has 0 bridgehead atoms. The molecule has 1 aliphatic rings. The summed E-state index contributed by atoms with van der Waals surface area (Å²) in [6.45, 7) is 8.21. The predicted molar refractivity (Wildman–Crippen MR) is 123 cm³/mol. The molecule has 3 aromatic rings.